The molecule has 1 fully saturated rings. The van der Waals surface area contributed by atoms with Crippen molar-refractivity contribution in [3.8, 4) is 0 Å². The van der Waals surface area contributed by atoms with E-state index in [-0.39, 0.29) is 0 Å². The number of hydrogen-bond donors (Lipinski definition) is 3. The molecule has 5 nitrogen and oxygen atoms in total. The molecule has 0 bridgehead atoms. The van der Waals surface area contributed by atoms with Gasteiger partial charge in [-0.15, -0.1) is 0 Å². The first-order valence-corrected chi connectivity index (χ1v) is 7.35. The molecule has 1 aromatic rings. The van der Waals surface area contributed by atoms with Crippen LogP contribution in [-0.4, -0.2) is 28.0 Å². The predicted octanol–water partition coefficient (Wildman–Crippen LogP) is 2.00. The summed E-state index contributed by atoms with van der Waals surface area (Å²) in [6.07, 6.45) is 4.60. The van der Waals surface area contributed by atoms with Crippen molar-refractivity contribution in [1.29, 1.82) is 0 Å². The van der Waals surface area contributed by atoms with E-state index in [0.29, 0.717) is 18.4 Å². The number of hydrogen-bond acceptors (Lipinski definition) is 4. The summed E-state index contributed by atoms with van der Waals surface area (Å²) in [4.78, 5) is 0. The SMILES string of the molecule is CCCn1nc(C)c(N)c1NCC1CCCC1CO. The number of nitrogens with zero attached hydrogens (tertiary/aromatic N) is 2. The molecule has 1 saturated carbocycles. The number of nitrogen functional groups attached to an aromatic ring is 1. The Morgan fingerprint density at radius 1 is 1.42 bits per heavy atom. The number of rotatable bonds is 6. The number of aliphatic hydroxyl groups excluding tert-OH is 1. The van der Waals surface area contributed by atoms with Gasteiger partial charge < -0.3 is 16.2 Å². The first-order valence-electron chi connectivity index (χ1n) is 7.35. The molecule has 1 aliphatic rings. The highest BCUT2D eigenvalue weighted by Gasteiger charge is 2.26. The van der Waals surface area contributed by atoms with E-state index in [1.54, 1.807) is 0 Å². The van der Waals surface area contributed by atoms with Gasteiger partial charge in [0.15, 0.2) is 0 Å². The second-order valence-electron chi connectivity index (χ2n) is 5.59. The molecule has 1 aliphatic carbocycles. The van der Waals surface area contributed by atoms with E-state index >= 15 is 0 Å². The van der Waals surface area contributed by atoms with Crippen molar-refractivity contribution in [2.24, 2.45) is 11.8 Å². The third kappa shape index (κ3) is 3.03. The minimum Gasteiger partial charge on any atom is -0.396 e. The maximum absolute atomic E-state index is 9.36. The summed E-state index contributed by atoms with van der Waals surface area (Å²) in [7, 11) is 0. The zero-order valence-electron chi connectivity index (χ0n) is 12.0. The standard InChI is InChI=1S/C14H26N4O/c1-3-7-18-14(13(15)10(2)17-18)16-8-11-5-4-6-12(11)9-19/h11-12,16,19H,3-9,15H2,1-2H3. The lowest BCUT2D eigenvalue weighted by Gasteiger charge is -2.19. The second kappa shape index (κ2) is 6.28. The van der Waals surface area contributed by atoms with Gasteiger partial charge in [-0.25, -0.2) is 4.68 Å². The molecule has 2 unspecified atom stereocenters. The van der Waals surface area contributed by atoms with Crippen molar-refractivity contribution in [3.63, 3.8) is 0 Å². The number of aromatic nitrogens is 2. The van der Waals surface area contributed by atoms with Crippen LogP contribution in [0.1, 0.15) is 38.3 Å². The summed E-state index contributed by atoms with van der Waals surface area (Å²) < 4.78 is 1.97. The zero-order chi connectivity index (χ0) is 13.8. The summed E-state index contributed by atoms with van der Waals surface area (Å²) in [6, 6.07) is 0. The fraction of sp³-hybridized carbons (Fsp3) is 0.786. The molecule has 0 radical (unpaired) electrons. The number of aliphatic hydroxyl groups is 1. The van der Waals surface area contributed by atoms with Crippen LogP contribution in [0.2, 0.25) is 0 Å². The number of anilines is 2. The Kier molecular flexibility index (Phi) is 4.69. The molecular weight excluding hydrogens is 240 g/mol. The molecule has 0 saturated heterocycles. The van der Waals surface area contributed by atoms with Crippen molar-refractivity contribution < 1.29 is 5.11 Å². The molecule has 5 heteroatoms. The number of nitrogens with one attached hydrogen (secondary N) is 1. The average Bonchev–Trinajstić information content (AvgIpc) is 2.95. The maximum Gasteiger partial charge on any atom is 0.148 e. The van der Waals surface area contributed by atoms with Crippen LogP contribution in [-0.2, 0) is 6.54 Å². The smallest absolute Gasteiger partial charge is 0.148 e. The summed E-state index contributed by atoms with van der Waals surface area (Å²) in [5.74, 6) is 1.94. The summed E-state index contributed by atoms with van der Waals surface area (Å²) in [5, 5.41) is 17.3. The van der Waals surface area contributed by atoms with Gasteiger partial charge in [0.25, 0.3) is 0 Å². The Hall–Kier alpha value is -1.23. The molecule has 0 aliphatic heterocycles. The van der Waals surface area contributed by atoms with Crippen LogP contribution in [0.15, 0.2) is 0 Å². The lowest BCUT2D eigenvalue weighted by atomic mass is 9.97. The molecule has 4 N–H and O–H groups in total. The van der Waals surface area contributed by atoms with Gasteiger partial charge in [-0.05, 0) is 38.0 Å². The number of nitrogens with two attached hydrogens (primary N) is 1. The van der Waals surface area contributed by atoms with Gasteiger partial charge in [-0.1, -0.05) is 13.3 Å². The minimum absolute atomic E-state index is 0.301. The Morgan fingerprint density at radius 2 is 2.16 bits per heavy atom. The van der Waals surface area contributed by atoms with Crippen LogP contribution in [0.5, 0.6) is 0 Å². The monoisotopic (exact) mass is 266 g/mol. The lowest BCUT2D eigenvalue weighted by Crippen LogP contribution is -2.22. The van der Waals surface area contributed by atoms with Gasteiger partial charge in [0.2, 0.25) is 0 Å². The largest absolute Gasteiger partial charge is 0.396 e. The summed E-state index contributed by atoms with van der Waals surface area (Å²) in [5.41, 5.74) is 7.74. The second-order valence-corrected chi connectivity index (χ2v) is 5.59. The Bertz CT molecular complexity index is 416. The first kappa shape index (κ1) is 14.2. The van der Waals surface area contributed by atoms with E-state index in [0.717, 1.165) is 43.1 Å². The fourth-order valence-corrected chi connectivity index (χ4v) is 3.01. The molecule has 108 valence electrons. The molecule has 0 aromatic carbocycles. The normalized spacial score (nSPS) is 22.9. The van der Waals surface area contributed by atoms with Crippen LogP contribution in [0.4, 0.5) is 11.5 Å². The van der Waals surface area contributed by atoms with E-state index < -0.39 is 0 Å². The van der Waals surface area contributed by atoms with Crippen LogP contribution < -0.4 is 11.1 Å². The third-order valence-electron chi connectivity index (χ3n) is 4.19. The van der Waals surface area contributed by atoms with Gasteiger partial charge in [-0.3, -0.25) is 0 Å². The van der Waals surface area contributed by atoms with E-state index in [1.165, 1.54) is 12.8 Å². The predicted molar refractivity (Wildman–Crippen MR) is 78.1 cm³/mol. The molecule has 0 amide bonds. The lowest BCUT2D eigenvalue weighted by molar-refractivity contribution is 0.199. The Balaban J connectivity index is 2.02. The van der Waals surface area contributed by atoms with E-state index in [4.69, 9.17) is 5.73 Å². The molecule has 1 aromatic heterocycles. The molecule has 19 heavy (non-hydrogen) atoms. The quantitative estimate of drug-likeness (QED) is 0.736. The number of aryl methyl sites for hydroxylation is 2. The van der Waals surface area contributed by atoms with Gasteiger partial charge in [0.05, 0.1) is 11.4 Å². The maximum atomic E-state index is 9.36. The van der Waals surface area contributed by atoms with E-state index in [1.807, 2.05) is 11.6 Å². The first-order chi connectivity index (χ1) is 9.17. The third-order valence-corrected chi connectivity index (χ3v) is 4.19. The van der Waals surface area contributed by atoms with Crippen molar-refractivity contribution in [2.75, 3.05) is 24.2 Å². The molecule has 2 rings (SSSR count). The van der Waals surface area contributed by atoms with Crippen LogP contribution in [0, 0.1) is 18.8 Å². The fourth-order valence-electron chi connectivity index (χ4n) is 3.01. The van der Waals surface area contributed by atoms with E-state index in [2.05, 4.69) is 17.3 Å². The highest BCUT2D eigenvalue weighted by Crippen LogP contribution is 2.32. The van der Waals surface area contributed by atoms with Gasteiger partial charge in [0.1, 0.15) is 5.82 Å². The summed E-state index contributed by atoms with van der Waals surface area (Å²) in [6.45, 7) is 6.14. The van der Waals surface area contributed by atoms with E-state index in [9.17, 15) is 5.11 Å². The van der Waals surface area contributed by atoms with Crippen molar-refractivity contribution in [2.45, 2.75) is 46.1 Å². The highest BCUT2D eigenvalue weighted by molar-refractivity contribution is 5.64. The minimum atomic E-state index is 0.301. The molecule has 0 spiro atoms. The van der Waals surface area contributed by atoms with Gasteiger partial charge in [0, 0.05) is 19.7 Å². The average molecular weight is 266 g/mol. The van der Waals surface area contributed by atoms with Crippen LogP contribution in [0.3, 0.4) is 0 Å². The Morgan fingerprint density at radius 3 is 2.84 bits per heavy atom. The molecule has 1 heterocycles. The topological polar surface area (TPSA) is 76.1 Å². The van der Waals surface area contributed by atoms with Crippen LogP contribution in [0.25, 0.3) is 0 Å². The highest BCUT2D eigenvalue weighted by atomic mass is 16.3. The van der Waals surface area contributed by atoms with Gasteiger partial charge >= 0.3 is 0 Å². The summed E-state index contributed by atoms with van der Waals surface area (Å²) >= 11 is 0. The molecular formula is C14H26N4O. The van der Waals surface area contributed by atoms with Crippen LogP contribution >= 0.6 is 0 Å². The molecule has 2 atom stereocenters. The zero-order valence-corrected chi connectivity index (χ0v) is 12.0. The van der Waals surface area contributed by atoms with Gasteiger partial charge in [-0.2, -0.15) is 5.10 Å². The Labute approximate surface area is 115 Å². The van der Waals surface area contributed by atoms with Crippen molar-refractivity contribution in [3.05, 3.63) is 5.69 Å². The van der Waals surface area contributed by atoms with Crippen molar-refractivity contribution >= 4 is 11.5 Å². The van der Waals surface area contributed by atoms with Crippen molar-refractivity contribution in [1.82, 2.24) is 9.78 Å².